The number of fused-ring (bicyclic) bond motifs is 1. The zero-order chi connectivity index (χ0) is 12.5. The summed E-state index contributed by atoms with van der Waals surface area (Å²) in [6, 6.07) is 7.44. The molecule has 0 aliphatic heterocycles. The number of para-hydroxylation sites is 1. The van der Waals surface area contributed by atoms with Crippen molar-refractivity contribution >= 4 is 20.7 Å². The third-order valence-corrected chi connectivity index (χ3v) is 4.74. The van der Waals surface area contributed by atoms with Crippen molar-refractivity contribution in [2.75, 3.05) is 12.3 Å². The Bertz CT molecular complexity index is 629. The summed E-state index contributed by atoms with van der Waals surface area (Å²) in [5, 5.41) is 0.766. The number of benzene rings is 1. The fourth-order valence-electron chi connectivity index (χ4n) is 2.03. The summed E-state index contributed by atoms with van der Waals surface area (Å²) in [4.78, 5) is 3.52. The Morgan fingerprint density at radius 1 is 1.29 bits per heavy atom. The minimum atomic E-state index is -3.25. The third-order valence-electron chi connectivity index (χ3n) is 2.76. The lowest BCUT2D eigenvalue weighted by Crippen LogP contribution is -2.12. The van der Waals surface area contributed by atoms with Gasteiger partial charge in [-0.2, -0.15) is 0 Å². The van der Waals surface area contributed by atoms with E-state index in [0.29, 0.717) is 23.6 Å². The van der Waals surface area contributed by atoms with Crippen LogP contribution in [-0.4, -0.2) is 25.7 Å². The lowest BCUT2D eigenvalue weighted by molar-refractivity contribution is 0.594. The third kappa shape index (κ3) is 2.21. The molecule has 0 atom stereocenters. The van der Waals surface area contributed by atoms with Crippen molar-refractivity contribution in [3.05, 3.63) is 30.0 Å². The summed E-state index contributed by atoms with van der Waals surface area (Å²) in [6.45, 7) is 2.18. The molecule has 0 fully saturated rings. The first-order chi connectivity index (χ1) is 8.06. The van der Waals surface area contributed by atoms with Gasteiger partial charge in [0.1, 0.15) is 0 Å². The lowest BCUT2D eigenvalue weighted by Gasteiger charge is -2.03. The predicted octanol–water partition coefficient (Wildman–Crippen LogP) is 1.60. The van der Waals surface area contributed by atoms with Crippen LogP contribution in [0.4, 0.5) is 0 Å². The maximum Gasteiger partial charge on any atom is 0.180 e. The molecule has 0 spiro atoms. The molecule has 2 rings (SSSR count). The second-order valence-corrected chi connectivity index (χ2v) is 6.13. The van der Waals surface area contributed by atoms with Crippen molar-refractivity contribution in [2.24, 2.45) is 5.73 Å². The van der Waals surface area contributed by atoms with Gasteiger partial charge in [0, 0.05) is 16.6 Å². The Hall–Kier alpha value is -1.33. The highest BCUT2D eigenvalue weighted by atomic mass is 32.2. The largest absolute Gasteiger partial charge is 0.358 e. The van der Waals surface area contributed by atoms with Gasteiger partial charge < -0.3 is 10.7 Å². The van der Waals surface area contributed by atoms with Gasteiger partial charge >= 0.3 is 0 Å². The number of sulfone groups is 1. The van der Waals surface area contributed by atoms with Gasteiger partial charge in [-0.1, -0.05) is 18.2 Å². The Labute approximate surface area is 101 Å². The molecule has 2 aromatic rings. The van der Waals surface area contributed by atoms with Crippen LogP contribution in [0.1, 0.15) is 12.1 Å². The smallest absolute Gasteiger partial charge is 0.180 e. The minimum Gasteiger partial charge on any atom is -0.358 e. The number of nitrogens with two attached hydrogens (primary N) is 1. The van der Waals surface area contributed by atoms with E-state index in [1.807, 2.05) is 24.3 Å². The number of hydrogen-bond donors (Lipinski definition) is 2. The summed E-state index contributed by atoms with van der Waals surface area (Å²) in [5.41, 5.74) is 6.92. The molecule has 5 heteroatoms. The molecule has 92 valence electrons. The molecule has 0 bridgehead atoms. The standard InChI is InChI=1S/C12H16N2O2S/c1-9-12(17(15,16)8-4-7-13)10-5-2-3-6-11(10)14-9/h2-3,5-6,14H,4,7-8,13H2,1H3. The van der Waals surface area contributed by atoms with Crippen LogP contribution in [0, 0.1) is 6.92 Å². The first kappa shape index (κ1) is 12.1. The fraction of sp³-hybridized carbons (Fsp3) is 0.333. The van der Waals surface area contributed by atoms with Crippen LogP contribution in [-0.2, 0) is 9.84 Å². The average Bonchev–Trinajstić information content (AvgIpc) is 2.63. The molecule has 1 heterocycles. The monoisotopic (exact) mass is 252 g/mol. The van der Waals surface area contributed by atoms with Gasteiger partial charge in [-0.05, 0) is 26.0 Å². The zero-order valence-electron chi connectivity index (χ0n) is 9.73. The van der Waals surface area contributed by atoms with E-state index in [9.17, 15) is 8.42 Å². The first-order valence-corrected chi connectivity index (χ1v) is 7.21. The van der Waals surface area contributed by atoms with Crippen LogP contribution in [0.25, 0.3) is 10.9 Å². The molecule has 0 aliphatic carbocycles. The highest BCUT2D eigenvalue weighted by Gasteiger charge is 2.21. The number of aromatic amines is 1. The molecule has 4 nitrogen and oxygen atoms in total. The number of aromatic nitrogens is 1. The molecule has 0 radical (unpaired) electrons. The van der Waals surface area contributed by atoms with Crippen LogP contribution in [0.5, 0.6) is 0 Å². The van der Waals surface area contributed by atoms with E-state index in [1.165, 1.54) is 0 Å². The molecule has 0 amide bonds. The van der Waals surface area contributed by atoms with Gasteiger partial charge in [-0.3, -0.25) is 0 Å². The maximum atomic E-state index is 12.2. The normalized spacial score (nSPS) is 12.1. The van der Waals surface area contributed by atoms with E-state index >= 15 is 0 Å². The molecule has 0 aliphatic rings. The second kappa shape index (κ2) is 4.50. The van der Waals surface area contributed by atoms with Gasteiger partial charge in [0.2, 0.25) is 0 Å². The molecule has 1 aromatic heterocycles. The summed E-state index contributed by atoms with van der Waals surface area (Å²) in [5.74, 6) is 0.103. The number of hydrogen-bond acceptors (Lipinski definition) is 3. The summed E-state index contributed by atoms with van der Waals surface area (Å²) in [6.07, 6.45) is 0.487. The summed E-state index contributed by atoms with van der Waals surface area (Å²) < 4.78 is 24.4. The molecular weight excluding hydrogens is 236 g/mol. The van der Waals surface area contributed by atoms with Crippen molar-refractivity contribution in [2.45, 2.75) is 18.2 Å². The number of aryl methyl sites for hydroxylation is 1. The van der Waals surface area contributed by atoms with Crippen molar-refractivity contribution in [1.82, 2.24) is 4.98 Å². The van der Waals surface area contributed by atoms with E-state index in [1.54, 1.807) is 6.92 Å². The molecule has 17 heavy (non-hydrogen) atoms. The highest BCUT2D eigenvalue weighted by molar-refractivity contribution is 7.91. The topological polar surface area (TPSA) is 76.0 Å². The highest BCUT2D eigenvalue weighted by Crippen LogP contribution is 2.27. The van der Waals surface area contributed by atoms with Gasteiger partial charge in [0.25, 0.3) is 0 Å². The van der Waals surface area contributed by atoms with E-state index in [0.717, 1.165) is 10.9 Å². The molecule has 0 unspecified atom stereocenters. The van der Waals surface area contributed by atoms with Crippen molar-refractivity contribution < 1.29 is 8.42 Å². The molecule has 1 aromatic carbocycles. The SMILES string of the molecule is Cc1[nH]c2ccccc2c1S(=O)(=O)CCCN. The summed E-state index contributed by atoms with van der Waals surface area (Å²) >= 11 is 0. The van der Waals surface area contributed by atoms with E-state index in [4.69, 9.17) is 5.73 Å². The van der Waals surface area contributed by atoms with Crippen LogP contribution in [0.3, 0.4) is 0 Å². The van der Waals surface area contributed by atoms with Crippen LogP contribution in [0.15, 0.2) is 29.2 Å². The van der Waals surface area contributed by atoms with E-state index < -0.39 is 9.84 Å². The van der Waals surface area contributed by atoms with E-state index in [-0.39, 0.29) is 5.75 Å². The number of rotatable bonds is 4. The quantitative estimate of drug-likeness (QED) is 0.867. The number of nitrogens with one attached hydrogen (secondary N) is 1. The zero-order valence-corrected chi connectivity index (χ0v) is 10.5. The molecule has 0 saturated heterocycles. The first-order valence-electron chi connectivity index (χ1n) is 5.56. The van der Waals surface area contributed by atoms with Crippen molar-refractivity contribution in [1.29, 1.82) is 0 Å². The molecule has 3 N–H and O–H groups in total. The summed E-state index contributed by atoms with van der Waals surface area (Å²) in [7, 11) is -3.25. The average molecular weight is 252 g/mol. The van der Waals surface area contributed by atoms with Crippen LogP contribution >= 0.6 is 0 Å². The van der Waals surface area contributed by atoms with Gasteiger partial charge in [0.15, 0.2) is 9.84 Å². The molecular formula is C12H16N2O2S. The Kier molecular flexibility index (Phi) is 3.22. The van der Waals surface area contributed by atoms with Crippen LogP contribution < -0.4 is 5.73 Å². The fourth-order valence-corrected chi connectivity index (χ4v) is 3.81. The van der Waals surface area contributed by atoms with Crippen LogP contribution in [0.2, 0.25) is 0 Å². The maximum absolute atomic E-state index is 12.2. The van der Waals surface area contributed by atoms with Crippen molar-refractivity contribution in [3.63, 3.8) is 0 Å². The van der Waals surface area contributed by atoms with Gasteiger partial charge in [-0.15, -0.1) is 0 Å². The molecule has 0 saturated carbocycles. The number of H-pyrrole nitrogens is 1. The Morgan fingerprint density at radius 2 is 2.00 bits per heavy atom. The lowest BCUT2D eigenvalue weighted by atomic mass is 10.2. The minimum absolute atomic E-state index is 0.103. The second-order valence-electron chi connectivity index (χ2n) is 4.09. The Morgan fingerprint density at radius 3 is 2.71 bits per heavy atom. The predicted molar refractivity (Wildman–Crippen MR) is 68.8 cm³/mol. The van der Waals surface area contributed by atoms with Crippen molar-refractivity contribution in [3.8, 4) is 0 Å². The van der Waals surface area contributed by atoms with Gasteiger partial charge in [-0.25, -0.2) is 8.42 Å². The Balaban J connectivity index is 2.58. The van der Waals surface area contributed by atoms with Gasteiger partial charge in [0.05, 0.1) is 10.6 Å². The van der Waals surface area contributed by atoms with E-state index in [2.05, 4.69) is 4.98 Å².